The highest BCUT2D eigenvalue weighted by Crippen LogP contribution is 2.21. The topological polar surface area (TPSA) is 44.9 Å². The van der Waals surface area contributed by atoms with Crippen molar-refractivity contribution in [1.29, 1.82) is 0 Å². The van der Waals surface area contributed by atoms with Crippen LogP contribution in [0.4, 0.5) is 0 Å². The first-order valence-corrected chi connectivity index (χ1v) is 5.75. The predicted molar refractivity (Wildman–Crippen MR) is 69.0 cm³/mol. The van der Waals surface area contributed by atoms with Gasteiger partial charge in [-0.15, -0.1) is 0 Å². The number of nitrogens with one attached hydrogen (secondary N) is 2. The Balaban J connectivity index is 2.34. The van der Waals surface area contributed by atoms with E-state index in [1.807, 2.05) is 50.2 Å². The number of H-pyrrole nitrogens is 1. The van der Waals surface area contributed by atoms with Crippen molar-refractivity contribution in [3.63, 3.8) is 0 Å². The Morgan fingerprint density at radius 3 is 2.65 bits per heavy atom. The summed E-state index contributed by atoms with van der Waals surface area (Å²) in [5.74, 6) is -0.0246. The molecular formula is C14H16N2O. The molecule has 2 N–H and O–H groups in total. The lowest BCUT2D eigenvalue weighted by molar-refractivity contribution is 0.0955. The Bertz CT molecular complexity index is 514. The van der Waals surface area contributed by atoms with Crippen molar-refractivity contribution in [2.24, 2.45) is 0 Å². The highest BCUT2D eigenvalue weighted by molar-refractivity contribution is 5.96. The molecule has 0 radical (unpaired) electrons. The van der Waals surface area contributed by atoms with E-state index in [1.165, 1.54) is 0 Å². The summed E-state index contributed by atoms with van der Waals surface area (Å²) < 4.78 is 0. The highest BCUT2D eigenvalue weighted by atomic mass is 16.1. The second-order valence-corrected chi connectivity index (χ2v) is 3.95. The van der Waals surface area contributed by atoms with Gasteiger partial charge in [0.15, 0.2) is 0 Å². The van der Waals surface area contributed by atoms with Gasteiger partial charge in [-0.25, -0.2) is 0 Å². The van der Waals surface area contributed by atoms with E-state index in [0.29, 0.717) is 12.1 Å². The monoisotopic (exact) mass is 228 g/mol. The molecule has 0 aliphatic heterocycles. The third-order valence-corrected chi connectivity index (χ3v) is 2.68. The third-order valence-electron chi connectivity index (χ3n) is 2.68. The van der Waals surface area contributed by atoms with Crippen molar-refractivity contribution >= 4 is 5.91 Å². The summed E-state index contributed by atoms with van der Waals surface area (Å²) in [5.41, 5.74) is 3.68. The van der Waals surface area contributed by atoms with Crippen molar-refractivity contribution in [2.45, 2.75) is 13.8 Å². The van der Waals surface area contributed by atoms with E-state index in [1.54, 1.807) is 0 Å². The molecule has 0 saturated heterocycles. The molecule has 0 saturated carbocycles. The Labute approximate surface area is 101 Å². The zero-order valence-corrected chi connectivity index (χ0v) is 10.1. The minimum atomic E-state index is -0.0246. The lowest BCUT2D eigenvalue weighted by Crippen LogP contribution is -2.22. The first-order valence-electron chi connectivity index (χ1n) is 5.75. The number of carbonyl (C=O) groups excluding carboxylic acids is 1. The maximum absolute atomic E-state index is 11.8. The average Bonchev–Trinajstić information content (AvgIpc) is 2.73. The fourth-order valence-corrected chi connectivity index (χ4v) is 1.82. The Morgan fingerprint density at radius 2 is 2.00 bits per heavy atom. The number of amides is 1. The van der Waals surface area contributed by atoms with E-state index < -0.39 is 0 Å². The van der Waals surface area contributed by atoms with Gasteiger partial charge < -0.3 is 10.3 Å². The number of aryl methyl sites for hydroxylation is 1. The van der Waals surface area contributed by atoms with Crippen LogP contribution in [0.1, 0.15) is 23.0 Å². The molecule has 0 atom stereocenters. The fourth-order valence-electron chi connectivity index (χ4n) is 1.82. The van der Waals surface area contributed by atoms with E-state index >= 15 is 0 Å². The summed E-state index contributed by atoms with van der Waals surface area (Å²) >= 11 is 0. The summed E-state index contributed by atoms with van der Waals surface area (Å²) in [5, 5.41) is 2.81. The summed E-state index contributed by atoms with van der Waals surface area (Å²) in [6.45, 7) is 4.47. The molecule has 0 aliphatic rings. The van der Waals surface area contributed by atoms with Crippen LogP contribution in [0.2, 0.25) is 0 Å². The largest absolute Gasteiger partial charge is 0.358 e. The van der Waals surface area contributed by atoms with Crippen LogP contribution in [-0.4, -0.2) is 17.4 Å². The van der Waals surface area contributed by atoms with Crippen LogP contribution in [0.25, 0.3) is 11.3 Å². The molecule has 1 heterocycles. The van der Waals surface area contributed by atoms with Gasteiger partial charge in [0.1, 0.15) is 0 Å². The van der Waals surface area contributed by atoms with Crippen LogP contribution in [0.3, 0.4) is 0 Å². The molecule has 0 spiro atoms. The Hall–Kier alpha value is -2.03. The third kappa shape index (κ3) is 2.38. The molecular weight excluding hydrogens is 212 g/mol. The fraction of sp³-hybridized carbons (Fsp3) is 0.214. The molecule has 0 aliphatic carbocycles. The molecule has 3 nitrogen and oxygen atoms in total. The average molecular weight is 228 g/mol. The minimum Gasteiger partial charge on any atom is -0.358 e. The molecule has 2 rings (SSSR count). The van der Waals surface area contributed by atoms with Gasteiger partial charge in [-0.1, -0.05) is 30.3 Å². The molecule has 88 valence electrons. The number of carbonyl (C=O) groups is 1. The highest BCUT2D eigenvalue weighted by Gasteiger charge is 2.12. The first kappa shape index (κ1) is 11.5. The molecule has 1 amide bonds. The lowest BCUT2D eigenvalue weighted by atomic mass is 10.1. The SMILES string of the molecule is CCNC(=O)c1cc(-c2ccccc2)[nH]c1C. The zero-order chi connectivity index (χ0) is 12.3. The number of hydrogen-bond acceptors (Lipinski definition) is 1. The molecule has 17 heavy (non-hydrogen) atoms. The molecule has 3 heteroatoms. The van der Waals surface area contributed by atoms with Crippen molar-refractivity contribution in [1.82, 2.24) is 10.3 Å². The normalized spacial score (nSPS) is 10.2. The lowest BCUT2D eigenvalue weighted by Gasteiger charge is -1.99. The van der Waals surface area contributed by atoms with Gasteiger partial charge in [0.2, 0.25) is 0 Å². The van der Waals surface area contributed by atoms with E-state index in [9.17, 15) is 4.79 Å². The number of benzene rings is 1. The van der Waals surface area contributed by atoms with E-state index in [-0.39, 0.29) is 5.91 Å². The summed E-state index contributed by atoms with van der Waals surface area (Å²) in [4.78, 5) is 15.0. The van der Waals surface area contributed by atoms with Crippen LogP contribution in [0.5, 0.6) is 0 Å². The van der Waals surface area contributed by atoms with Crippen molar-refractivity contribution in [2.75, 3.05) is 6.54 Å². The van der Waals surface area contributed by atoms with Gasteiger partial charge in [0.25, 0.3) is 5.91 Å². The number of aromatic nitrogens is 1. The van der Waals surface area contributed by atoms with Gasteiger partial charge in [0.05, 0.1) is 5.56 Å². The Kier molecular flexibility index (Phi) is 3.28. The smallest absolute Gasteiger partial charge is 0.253 e. The van der Waals surface area contributed by atoms with Crippen LogP contribution in [-0.2, 0) is 0 Å². The maximum atomic E-state index is 11.8. The van der Waals surface area contributed by atoms with Gasteiger partial charge in [-0.05, 0) is 25.5 Å². The first-order chi connectivity index (χ1) is 8.22. The van der Waals surface area contributed by atoms with Crippen LogP contribution >= 0.6 is 0 Å². The second kappa shape index (κ2) is 4.87. The summed E-state index contributed by atoms with van der Waals surface area (Å²) in [7, 11) is 0. The quantitative estimate of drug-likeness (QED) is 0.833. The number of hydrogen-bond donors (Lipinski definition) is 2. The van der Waals surface area contributed by atoms with Gasteiger partial charge in [0, 0.05) is 17.9 Å². The standard InChI is InChI=1S/C14H16N2O/c1-3-15-14(17)12-9-13(16-10(12)2)11-7-5-4-6-8-11/h4-9,16H,3H2,1-2H3,(H,15,17). The molecule has 0 fully saturated rings. The van der Waals surface area contributed by atoms with Crippen molar-refractivity contribution in [3.8, 4) is 11.3 Å². The molecule has 2 aromatic rings. The van der Waals surface area contributed by atoms with E-state index in [4.69, 9.17) is 0 Å². The Morgan fingerprint density at radius 1 is 1.29 bits per heavy atom. The molecule has 1 aromatic heterocycles. The minimum absolute atomic E-state index is 0.0246. The molecule has 1 aromatic carbocycles. The maximum Gasteiger partial charge on any atom is 0.253 e. The van der Waals surface area contributed by atoms with E-state index in [0.717, 1.165) is 17.0 Å². The van der Waals surface area contributed by atoms with Gasteiger partial charge in [-0.3, -0.25) is 4.79 Å². The van der Waals surface area contributed by atoms with Gasteiger partial charge >= 0.3 is 0 Å². The van der Waals surface area contributed by atoms with Crippen LogP contribution < -0.4 is 5.32 Å². The molecule has 0 bridgehead atoms. The zero-order valence-electron chi connectivity index (χ0n) is 10.1. The van der Waals surface area contributed by atoms with Crippen LogP contribution in [0.15, 0.2) is 36.4 Å². The number of aromatic amines is 1. The predicted octanol–water partition coefficient (Wildman–Crippen LogP) is 2.74. The van der Waals surface area contributed by atoms with E-state index in [2.05, 4.69) is 10.3 Å². The van der Waals surface area contributed by atoms with Crippen molar-refractivity contribution in [3.05, 3.63) is 47.7 Å². The number of rotatable bonds is 3. The summed E-state index contributed by atoms with van der Waals surface area (Å²) in [6, 6.07) is 11.9. The second-order valence-electron chi connectivity index (χ2n) is 3.95. The summed E-state index contributed by atoms with van der Waals surface area (Å²) in [6.07, 6.45) is 0. The van der Waals surface area contributed by atoms with Crippen molar-refractivity contribution < 1.29 is 4.79 Å². The van der Waals surface area contributed by atoms with Crippen LogP contribution in [0, 0.1) is 6.92 Å². The van der Waals surface area contributed by atoms with Gasteiger partial charge in [-0.2, -0.15) is 0 Å². The molecule has 0 unspecified atom stereocenters.